The van der Waals surface area contributed by atoms with Crippen LogP contribution in [0, 0.1) is 0 Å². The fourth-order valence-electron chi connectivity index (χ4n) is 2.45. The van der Waals surface area contributed by atoms with E-state index in [-0.39, 0.29) is 5.69 Å². The zero-order chi connectivity index (χ0) is 10.3. The SMILES string of the molecule is O=c1n(C2CNC2)cnn1C1CCCC1. The molecule has 1 saturated heterocycles. The van der Waals surface area contributed by atoms with Crippen LogP contribution in [0.3, 0.4) is 0 Å². The summed E-state index contributed by atoms with van der Waals surface area (Å²) >= 11 is 0. The summed E-state index contributed by atoms with van der Waals surface area (Å²) in [4.78, 5) is 12.0. The standard InChI is InChI=1S/C10H16N4O/c15-10-13(9-5-11-6-9)7-12-14(10)8-3-1-2-4-8/h7-9,11H,1-6H2. The van der Waals surface area contributed by atoms with Crippen molar-refractivity contribution in [2.24, 2.45) is 0 Å². The van der Waals surface area contributed by atoms with E-state index in [9.17, 15) is 4.79 Å². The van der Waals surface area contributed by atoms with Crippen molar-refractivity contribution in [1.29, 1.82) is 0 Å². The third kappa shape index (κ3) is 1.42. The molecule has 2 fully saturated rings. The molecule has 1 aliphatic carbocycles. The number of hydrogen-bond acceptors (Lipinski definition) is 3. The number of nitrogens with one attached hydrogen (secondary N) is 1. The minimum Gasteiger partial charge on any atom is -0.313 e. The zero-order valence-electron chi connectivity index (χ0n) is 8.72. The van der Waals surface area contributed by atoms with Crippen LogP contribution in [0.15, 0.2) is 11.1 Å². The van der Waals surface area contributed by atoms with Crippen molar-refractivity contribution in [3.8, 4) is 0 Å². The molecule has 1 aromatic heterocycles. The highest BCUT2D eigenvalue weighted by Crippen LogP contribution is 2.27. The van der Waals surface area contributed by atoms with Crippen molar-refractivity contribution in [3.05, 3.63) is 16.8 Å². The van der Waals surface area contributed by atoms with Crippen LogP contribution < -0.4 is 11.0 Å². The van der Waals surface area contributed by atoms with Gasteiger partial charge in [-0.15, -0.1) is 0 Å². The monoisotopic (exact) mass is 208 g/mol. The van der Waals surface area contributed by atoms with Gasteiger partial charge in [-0.05, 0) is 12.8 Å². The van der Waals surface area contributed by atoms with E-state index in [1.807, 2.05) is 0 Å². The van der Waals surface area contributed by atoms with E-state index in [1.165, 1.54) is 12.8 Å². The fourth-order valence-corrected chi connectivity index (χ4v) is 2.45. The molecule has 1 aliphatic heterocycles. The van der Waals surface area contributed by atoms with Gasteiger partial charge in [-0.2, -0.15) is 5.10 Å². The van der Waals surface area contributed by atoms with E-state index in [2.05, 4.69) is 10.4 Å². The Bertz CT molecular complexity index is 398. The highest BCUT2D eigenvalue weighted by molar-refractivity contribution is 4.87. The Balaban J connectivity index is 1.89. The van der Waals surface area contributed by atoms with Crippen LogP contribution in [-0.4, -0.2) is 27.4 Å². The lowest BCUT2D eigenvalue weighted by Crippen LogP contribution is -2.47. The lowest BCUT2D eigenvalue weighted by atomic mass is 10.2. The normalized spacial score (nSPS) is 23.2. The molecular weight excluding hydrogens is 192 g/mol. The predicted octanol–water partition coefficient (Wildman–Crippen LogP) is 0.304. The van der Waals surface area contributed by atoms with Crippen LogP contribution in [-0.2, 0) is 0 Å². The molecule has 5 nitrogen and oxygen atoms in total. The van der Waals surface area contributed by atoms with Crippen molar-refractivity contribution in [3.63, 3.8) is 0 Å². The molecular formula is C10H16N4O. The van der Waals surface area contributed by atoms with E-state index in [0.717, 1.165) is 25.9 Å². The topological polar surface area (TPSA) is 51.9 Å². The Morgan fingerprint density at radius 3 is 2.60 bits per heavy atom. The second-order valence-electron chi connectivity index (χ2n) is 4.52. The number of hydrogen-bond donors (Lipinski definition) is 1. The van der Waals surface area contributed by atoms with Gasteiger partial charge >= 0.3 is 5.69 Å². The van der Waals surface area contributed by atoms with E-state index in [1.54, 1.807) is 15.6 Å². The largest absolute Gasteiger partial charge is 0.346 e. The molecule has 2 aliphatic rings. The summed E-state index contributed by atoms with van der Waals surface area (Å²) in [5, 5.41) is 7.41. The zero-order valence-corrected chi connectivity index (χ0v) is 8.72. The maximum Gasteiger partial charge on any atom is 0.346 e. The summed E-state index contributed by atoms with van der Waals surface area (Å²) in [6.45, 7) is 1.80. The van der Waals surface area contributed by atoms with Crippen LogP contribution in [0.1, 0.15) is 37.8 Å². The summed E-state index contributed by atoms with van der Waals surface area (Å²) in [7, 11) is 0. The molecule has 0 amide bonds. The maximum atomic E-state index is 12.0. The second-order valence-corrected chi connectivity index (χ2v) is 4.52. The minimum atomic E-state index is 0.0772. The highest BCUT2D eigenvalue weighted by Gasteiger charge is 2.25. The molecule has 1 aromatic rings. The smallest absolute Gasteiger partial charge is 0.313 e. The van der Waals surface area contributed by atoms with Crippen LogP contribution in [0.2, 0.25) is 0 Å². The Hall–Kier alpha value is -1.10. The molecule has 1 saturated carbocycles. The molecule has 0 bridgehead atoms. The molecule has 5 heteroatoms. The maximum absolute atomic E-state index is 12.0. The van der Waals surface area contributed by atoms with Crippen molar-refractivity contribution >= 4 is 0 Å². The van der Waals surface area contributed by atoms with Crippen molar-refractivity contribution in [1.82, 2.24) is 19.7 Å². The molecule has 3 rings (SSSR count). The van der Waals surface area contributed by atoms with Gasteiger partial charge in [0.25, 0.3) is 0 Å². The minimum absolute atomic E-state index is 0.0772. The summed E-state index contributed by atoms with van der Waals surface area (Å²) in [5.41, 5.74) is 0.0772. The van der Waals surface area contributed by atoms with Crippen molar-refractivity contribution < 1.29 is 0 Å². The van der Waals surface area contributed by atoms with Crippen molar-refractivity contribution in [2.75, 3.05) is 13.1 Å². The molecule has 1 N–H and O–H groups in total. The van der Waals surface area contributed by atoms with Crippen LogP contribution in [0.25, 0.3) is 0 Å². The van der Waals surface area contributed by atoms with Gasteiger partial charge in [0, 0.05) is 13.1 Å². The fraction of sp³-hybridized carbons (Fsp3) is 0.800. The molecule has 0 atom stereocenters. The summed E-state index contributed by atoms with van der Waals surface area (Å²) in [6, 6.07) is 0.680. The first-order chi connectivity index (χ1) is 7.36. The van der Waals surface area contributed by atoms with Gasteiger partial charge in [0.15, 0.2) is 0 Å². The molecule has 0 spiro atoms. The number of nitrogens with zero attached hydrogens (tertiary/aromatic N) is 3. The first-order valence-electron chi connectivity index (χ1n) is 5.72. The average Bonchev–Trinajstić information content (AvgIpc) is 2.74. The van der Waals surface area contributed by atoms with Crippen LogP contribution >= 0.6 is 0 Å². The van der Waals surface area contributed by atoms with Gasteiger partial charge < -0.3 is 5.32 Å². The second kappa shape index (κ2) is 3.48. The Morgan fingerprint density at radius 1 is 1.27 bits per heavy atom. The number of rotatable bonds is 2. The first-order valence-corrected chi connectivity index (χ1v) is 5.72. The lowest BCUT2D eigenvalue weighted by Gasteiger charge is -2.26. The van der Waals surface area contributed by atoms with Gasteiger partial charge in [-0.25, -0.2) is 9.48 Å². The molecule has 0 unspecified atom stereocenters. The predicted molar refractivity (Wildman–Crippen MR) is 55.9 cm³/mol. The summed E-state index contributed by atoms with van der Waals surface area (Å²) in [6.07, 6.45) is 6.38. The van der Waals surface area contributed by atoms with Gasteiger partial charge in [0.05, 0.1) is 12.1 Å². The van der Waals surface area contributed by atoms with Gasteiger partial charge in [-0.3, -0.25) is 4.57 Å². The Morgan fingerprint density at radius 2 is 2.00 bits per heavy atom. The Labute approximate surface area is 88.1 Å². The Kier molecular flexibility index (Phi) is 2.12. The molecule has 2 heterocycles. The number of aromatic nitrogens is 3. The van der Waals surface area contributed by atoms with Crippen molar-refractivity contribution in [2.45, 2.75) is 37.8 Å². The van der Waals surface area contributed by atoms with Crippen LogP contribution in [0.4, 0.5) is 0 Å². The van der Waals surface area contributed by atoms with E-state index in [4.69, 9.17) is 0 Å². The molecule has 0 aromatic carbocycles. The van der Waals surface area contributed by atoms with E-state index >= 15 is 0 Å². The summed E-state index contributed by atoms with van der Waals surface area (Å²) in [5.74, 6) is 0. The third-order valence-corrected chi connectivity index (χ3v) is 3.54. The quantitative estimate of drug-likeness (QED) is 0.760. The van der Waals surface area contributed by atoms with Gasteiger partial charge in [-0.1, -0.05) is 12.8 Å². The van der Waals surface area contributed by atoms with E-state index < -0.39 is 0 Å². The molecule has 0 radical (unpaired) electrons. The highest BCUT2D eigenvalue weighted by atomic mass is 16.2. The van der Waals surface area contributed by atoms with Crippen LogP contribution in [0.5, 0.6) is 0 Å². The molecule has 15 heavy (non-hydrogen) atoms. The average molecular weight is 208 g/mol. The summed E-state index contributed by atoms with van der Waals surface area (Å²) < 4.78 is 3.46. The van der Waals surface area contributed by atoms with E-state index in [0.29, 0.717) is 12.1 Å². The lowest BCUT2D eigenvalue weighted by molar-refractivity contribution is 0.330. The van der Waals surface area contributed by atoms with Gasteiger partial charge in [0.2, 0.25) is 0 Å². The first kappa shape index (κ1) is 9.15. The molecule has 82 valence electrons. The third-order valence-electron chi connectivity index (χ3n) is 3.54. The van der Waals surface area contributed by atoms with Gasteiger partial charge in [0.1, 0.15) is 6.33 Å².